The molecule has 0 radical (unpaired) electrons. The minimum absolute atomic E-state index is 0.0137. The maximum absolute atomic E-state index is 13.3. The number of carbonyl (C=O) groups excluding carboxylic acids is 1. The maximum atomic E-state index is 13.3. The lowest BCUT2D eigenvalue weighted by Gasteiger charge is -2.28. The number of aliphatic hydroxyl groups excluding tert-OH is 1. The van der Waals surface area contributed by atoms with Gasteiger partial charge in [0.1, 0.15) is 0 Å². The number of aliphatic hydroxyl groups is 1. The number of carbonyl (C=O) groups is 1. The van der Waals surface area contributed by atoms with Gasteiger partial charge in [-0.2, -0.15) is 0 Å². The van der Waals surface area contributed by atoms with Crippen LogP contribution in [-0.2, 0) is 17.6 Å². The first-order valence-corrected chi connectivity index (χ1v) is 11.9. The number of fused-ring (bicyclic) bond motifs is 2. The molecule has 1 saturated heterocycles. The summed E-state index contributed by atoms with van der Waals surface area (Å²) in [4.78, 5) is 26.9. The largest absolute Gasteiger partial charge is 0.436 e. The van der Waals surface area contributed by atoms with E-state index < -0.39 is 6.09 Å². The monoisotopic (exact) mass is 449 g/mol. The van der Waals surface area contributed by atoms with Gasteiger partial charge in [0.25, 0.3) is 0 Å². The summed E-state index contributed by atoms with van der Waals surface area (Å²) < 4.78 is 7.25. The molecule has 3 aromatic rings. The van der Waals surface area contributed by atoms with Gasteiger partial charge in [0.05, 0.1) is 6.10 Å². The van der Waals surface area contributed by atoms with Crippen molar-refractivity contribution in [3.05, 3.63) is 57.2 Å². The fraction of sp³-hybridized carbons (Fsp3) is 0.385. The van der Waals surface area contributed by atoms with Gasteiger partial charge in [0.2, 0.25) is 0 Å². The summed E-state index contributed by atoms with van der Waals surface area (Å²) in [5.74, 6) is 5.87. The first kappa shape index (κ1) is 22.3. The normalized spacial score (nSPS) is 14.4. The summed E-state index contributed by atoms with van der Waals surface area (Å²) in [5, 5.41) is 11.0. The molecule has 1 aromatic heterocycles. The Labute approximate surface area is 191 Å². The SMILES string of the molecule is CCc1cc(CC)c2sc3ccc(C#CCOC(=O)N4CCC(O)CC4)cc3c(=O)c2c1. The number of aryl methyl sites for hydroxylation is 2. The van der Waals surface area contributed by atoms with E-state index in [0.717, 1.165) is 33.2 Å². The number of rotatable bonds is 3. The molecule has 1 N–H and O–H groups in total. The fourth-order valence-electron chi connectivity index (χ4n) is 4.02. The third-order valence-corrected chi connectivity index (χ3v) is 7.18. The number of benzene rings is 2. The number of hydrogen-bond acceptors (Lipinski definition) is 5. The number of piperidine rings is 1. The molecule has 1 fully saturated rings. The van der Waals surface area contributed by atoms with Crippen molar-refractivity contribution in [3.8, 4) is 11.8 Å². The van der Waals surface area contributed by atoms with Crippen molar-refractivity contribution in [1.29, 1.82) is 0 Å². The van der Waals surface area contributed by atoms with Gasteiger partial charge in [-0.15, -0.1) is 11.3 Å². The number of ether oxygens (including phenoxy) is 1. The molecule has 2 aromatic carbocycles. The molecule has 6 heteroatoms. The molecule has 0 unspecified atom stereocenters. The Kier molecular flexibility index (Phi) is 6.78. The molecule has 0 spiro atoms. The maximum Gasteiger partial charge on any atom is 0.410 e. The van der Waals surface area contributed by atoms with Crippen molar-refractivity contribution in [1.82, 2.24) is 4.90 Å². The van der Waals surface area contributed by atoms with E-state index in [9.17, 15) is 14.7 Å². The van der Waals surface area contributed by atoms with Gasteiger partial charge in [0.15, 0.2) is 12.0 Å². The van der Waals surface area contributed by atoms with Crippen molar-refractivity contribution in [2.75, 3.05) is 19.7 Å². The van der Waals surface area contributed by atoms with Crippen molar-refractivity contribution in [2.45, 2.75) is 45.6 Å². The molecule has 0 bridgehead atoms. The van der Waals surface area contributed by atoms with E-state index in [0.29, 0.717) is 31.3 Å². The van der Waals surface area contributed by atoms with E-state index in [4.69, 9.17) is 4.74 Å². The molecule has 0 aliphatic carbocycles. The predicted octanol–water partition coefficient (Wildman–Crippen LogP) is 4.48. The smallest absolute Gasteiger partial charge is 0.410 e. The van der Waals surface area contributed by atoms with Crippen LogP contribution in [0, 0.1) is 11.8 Å². The highest BCUT2D eigenvalue weighted by atomic mass is 32.1. The van der Waals surface area contributed by atoms with E-state index in [1.54, 1.807) is 16.2 Å². The summed E-state index contributed by atoms with van der Waals surface area (Å²) in [6, 6.07) is 9.90. The van der Waals surface area contributed by atoms with Gasteiger partial charge >= 0.3 is 6.09 Å². The zero-order valence-electron chi connectivity index (χ0n) is 18.4. The average Bonchev–Trinajstić information content (AvgIpc) is 2.82. The fourth-order valence-corrected chi connectivity index (χ4v) is 5.23. The predicted molar refractivity (Wildman–Crippen MR) is 129 cm³/mol. The topological polar surface area (TPSA) is 66.8 Å². The Hall–Kier alpha value is -2.88. The van der Waals surface area contributed by atoms with Crippen LogP contribution in [-0.4, -0.2) is 41.9 Å². The van der Waals surface area contributed by atoms with Crippen LogP contribution in [0.25, 0.3) is 20.2 Å². The first-order chi connectivity index (χ1) is 15.5. The van der Waals surface area contributed by atoms with E-state index in [2.05, 4.69) is 31.8 Å². The zero-order valence-corrected chi connectivity index (χ0v) is 19.3. The lowest BCUT2D eigenvalue weighted by molar-refractivity contribution is 0.0645. The molecule has 1 aliphatic rings. The van der Waals surface area contributed by atoms with E-state index >= 15 is 0 Å². The van der Waals surface area contributed by atoms with Crippen LogP contribution in [0.15, 0.2) is 35.1 Å². The average molecular weight is 450 g/mol. The Bertz CT molecular complexity index is 1280. The van der Waals surface area contributed by atoms with Crippen molar-refractivity contribution in [3.63, 3.8) is 0 Å². The first-order valence-electron chi connectivity index (χ1n) is 11.1. The summed E-state index contributed by atoms with van der Waals surface area (Å²) in [6.45, 7) is 5.21. The molecule has 0 saturated carbocycles. The highest BCUT2D eigenvalue weighted by Crippen LogP contribution is 2.29. The van der Waals surface area contributed by atoms with Crippen molar-refractivity contribution in [2.24, 2.45) is 0 Å². The number of amides is 1. The van der Waals surface area contributed by atoms with Crippen LogP contribution in [0.4, 0.5) is 4.79 Å². The molecule has 4 rings (SSSR count). The van der Waals surface area contributed by atoms with E-state index in [1.165, 1.54) is 11.1 Å². The molecule has 166 valence electrons. The Morgan fingerprint density at radius 2 is 1.94 bits per heavy atom. The van der Waals surface area contributed by atoms with Crippen LogP contribution < -0.4 is 5.43 Å². The second-order valence-corrected chi connectivity index (χ2v) is 9.11. The third kappa shape index (κ3) is 4.64. The summed E-state index contributed by atoms with van der Waals surface area (Å²) >= 11 is 1.65. The van der Waals surface area contributed by atoms with E-state index in [1.807, 2.05) is 24.3 Å². The third-order valence-electron chi connectivity index (χ3n) is 5.92. The molecule has 1 aliphatic heterocycles. The van der Waals surface area contributed by atoms with Crippen LogP contribution in [0.5, 0.6) is 0 Å². The van der Waals surface area contributed by atoms with Crippen LogP contribution in [0.1, 0.15) is 43.4 Å². The van der Waals surface area contributed by atoms with Crippen LogP contribution >= 0.6 is 11.3 Å². The highest BCUT2D eigenvalue weighted by Gasteiger charge is 2.21. The molecular weight excluding hydrogens is 422 g/mol. The molecule has 2 heterocycles. The Morgan fingerprint density at radius 1 is 1.16 bits per heavy atom. The Balaban J connectivity index is 1.55. The molecule has 32 heavy (non-hydrogen) atoms. The van der Waals surface area contributed by atoms with Gasteiger partial charge in [0, 0.05) is 38.8 Å². The molecule has 0 atom stereocenters. The molecular formula is C26H27NO4S. The van der Waals surface area contributed by atoms with Crippen molar-refractivity contribution >= 4 is 37.6 Å². The van der Waals surface area contributed by atoms with Gasteiger partial charge in [-0.25, -0.2) is 4.79 Å². The highest BCUT2D eigenvalue weighted by molar-refractivity contribution is 7.24. The standard InChI is InChI=1S/C26H27NO4S/c1-3-17-14-19(4-2)25-22(15-17)24(29)21-16-18(7-8-23(21)32-25)6-5-13-31-26(30)27-11-9-20(28)10-12-27/h7-8,14-16,20,28H,3-4,9-13H2,1-2H3. The summed E-state index contributed by atoms with van der Waals surface area (Å²) in [6.07, 6.45) is 2.20. The lowest BCUT2D eigenvalue weighted by atomic mass is 10.0. The second kappa shape index (κ2) is 9.72. The minimum atomic E-state index is -0.404. The quantitative estimate of drug-likeness (QED) is 0.473. The van der Waals surface area contributed by atoms with Gasteiger partial charge in [-0.3, -0.25) is 4.79 Å². The summed E-state index contributed by atoms with van der Waals surface area (Å²) in [5.41, 5.74) is 3.16. The number of hydrogen-bond donors (Lipinski definition) is 1. The lowest BCUT2D eigenvalue weighted by Crippen LogP contribution is -2.40. The van der Waals surface area contributed by atoms with Crippen LogP contribution in [0.2, 0.25) is 0 Å². The van der Waals surface area contributed by atoms with Gasteiger partial charge in [-0.1, -0.05) is 31.8 Å². The van der Waals surface area contributed by atoms with Gasteiger partial charge in [-0.05, 0) is 61.1 Å². The van der Waals surface area contributed by atoms with E-state index in [-0.39, 0.29) is 18.1 Å². The Morgan fingerprint density at radius 3 is 2.66 bits per heavy atom. The molecule has 1 amide bonds. The number of nitrogens with zero attached hydrogens (tertiary/aromatic N) is 1. The second-order valence-electron chi connectivity index (χ2n) is 8.06. The summed E-state index contributed by atoms with van der Waals surface area (Å²) in [7, 11) is 0. The molecule has 5 nitrogen and oxygen atoms in total. The minimum Gasteiger partial charge on any atom is -0.436 e. The van der Waals surface area contributed by atoms with Crippen LogP contribution in [0.3, 0.4) is 0 Å². The van der Waals surface area contributed by atoms with Gasteiger partial charge < -0.3 is 14.7 Å². The zero-order chi connectivity index (χ0) is 22.7. The number of likely N-dealkylation sites (tertiary alicyclic amines) is 1. The van der Waals surface area contributed by atoms with Crippen molar-refractivity contribution < 1.29 is 14.6 Å².